The highest BCUT2D eigenvalue weighted by Gasteiger charge is 2.19. The molecule has 0 aromatic carbocycles. The number of carboxylic acid groups (broad SMARTS) is 2. The second-order valence-electron chi connectivity index (χ2n) is 1.74. The van der Waals surface area contributed by atoms with E-state index in [0.717, 1.165) is 0 Å². The molecule has 0 heterocycles. The Bertz CT molecular complexity index is 203. The summed E-state index contributed by atoms with van der Waals surface area (Å²) in [5, 5.41) is 16.5. The minimum absolute atomic E-state index is 0.148. The van der Waals surface area contributed by atoms with E-state index in [1.54, 1.807) is 6.92 Å². The normalized spacial score (nSPS) is 8.91. The van der Waals surface area contributed by atoms with Crippen LogP contribution in [0.3, 0.4) is 0 Å². The van der Waals surface area contributed by atoms with Gasteiger partial charge in [0.05, 0.1) is 0 Å². The fourth-order valence-electron chi connectivity index (χ4n) is 0.500. The molecule has 0 saturated heterocycles. The fraction of sp³-hybridized carbons (Fsp3) is 0.333. The van der Waals surface area contributed by atoms with Gasteiger partial charge in [-0.1, -0.05) is 18.5 Å². The molecule has 0 aromatic heterocycles. The Morgan fingerprint density at radius 2 is 1.64 bits per heavy atom. The lowest BCUT2D eigenvalue weighted by Crippen LogP contribution is -2.12. The summed E-state index contributed by atoms with van der Waals surface area (Å²) in [5.74, 6) is -3.02. The van der Waals surface area contributed by atoms with Gasteiger partial charge in [0, 0.05) is 5.03 Å². The SMILES string of the molecule is CCC(Cl)=C(C(=O)O)C(=O)O. The van der Waals surface area contributed by atoms with Crippen molar-refractivity contribution >= 4 is 23.5 Å². The molecule has 0 spiro atoms. The van der Waals surface area contributed by atoms with Gasteiger partial charge >= 0.3 is 11.9 Å². The maximum absolute atomic E-state index is 10.2. The average molecular weight is 179 g/mol. The van der Waals surface area contributed by atoms with Crippen molar-refractivity contribution in [2.75, 3.05) is 0 Å². The number of allylic oxidation sites excluding steroid dienone is 1. The smallest absolute Gasteiger partial charge is 0.344 e. The van der Waals surface area contributed by atoms with Crippen LogP contribution in [0.25, 0.3) is 0 Å². The van der Waals surface area contributed by atoms with Gasteiger partial charge in [-0.05, 0) is 6.42 Å². The van der Waals surface area contributed by atoms with Gasteiger partial charge in [-0.2, -0.15) is 0 Å². The van der Waals surface area contributed by atoms with Crippen molar-refractivity contribution in [3.05, 3.63) is 10.6 Å². The molecule has 0 fully saturated rings. The predicted octanol–water partition coefficient (Wildman–Crippen LogP) is 1.06. The highest BCUT2D eigenvalue weighted by molar-refractivity contribution is 6.35. The maximum atomic E-state index is 10.2. The van der Waals surface area contributed by atoms with Crippen molar-refractivity contribution in [1.82, 2.24) is 0 Å². The third-order valence-electron chi connectivity index (χ3n) is 1.01. The van der Waals surface area contributed by atoms with Crippen LogP contribution >= 0.6 is 11.6 Å². The molecule has 0 atom stereocenters. The molecule has 62 valence electrons. The van der Waals surface area contributed by atoms with E-state index in [1.807, 2.05) is 0 Å². The number of rotatable bonds is 3. The summed E-state index contributed by atoms with van der Waals surface area (Å²) in [6, 6.07) is 0. The molecule has 0 aliphatic rings. The van der Waals surface area contributed by atoms with Crippen molar-refractivity contribution < 1.29 is 19.8 Å². The van der Waals surface area contributed by atoms with Crippen molar-refractivity contribution in [1.29, 1.82) is 0 Å². The van der Waals surface area contributed by atoms with E-state index in [9.17, 15) is 9.59 Å². The monoisotopic (exact) mass is 178 g/mol. The molecule has 0 saturated carbocycles. The van der Waals surface area contributed by atoms with E-state index in [-0.39, 0.29) is 11.5 Å². The molecular formula is C6H7ClO4. The summed E-state index contributed by atoms with van der Waals surface area (Å²) in [7, 11) is 0. The standard InChI is InChI=1S/C6H7ClO4/c1-2-3(7)4(5(8)9)6(10)11/h2H2,1H3,(H,8,9)(H,10,11). The molecule has 0 rings (SSSR count). The van der Waals surface area contributed by atoms with Crippen LogP contribution in [0, 0.1) is 0 Å². The highest BCUT2D eigenvalue weighted by Crippen LogP contribution is 2.13. The van der Waals surface area contributed by atoms with E-state index in [0.29, 0.717) is 0 Å². The summed E-state index contributed by atoms with van der Waals surface area (Å²) in [4.78, 5) is 20.4. The van der Waals surface area contributed by atoms with Gasteiger partial charge in [-0.3, -0.25) is 0 Å². The minimum Gasteiger partial charge on any atom is -0.477 e. The lowest BCUT2D eigenvalue weighted by Gasteiger charge is -1.97. The van der Waals surface area contributed by atoms with Gasteiger partial charge < -0.3 is 10.2 Å². The quantitative estimate of drug-likeness (QED) is 0.385. The van der Waals surface area contributed by atoms with Gasteiger partial charge in [-0.25, -0.2) is 9.59 Å². The first-order chi connectivity index (χ1) is 5.00. The van der Waals surface area contributed by atoms with Crippen LogP contribution < -0.4 is 0 Å². The van der Waals surface area contributed by atoms with Crippen molar-refractivity contribution in [3.8, 4) is 0 Å². The molecule has 4 nitrogen and oxygen atoms in total. The molecule has 0 aliphatic heterocycles. The van der Waals surface area contributed by atoms with Gasteiger partial charge in [0.2, 0.25) is 0 Å². The van der Waals surface area contributed by atoms with Crippen molar-refractivity contribution in [2.24, 2.45) is 0 Å². The number of carbonyl (C=O) groups is 2. The van der Waals surface area contributed by atoms with Crippen LogP contribution in [0.5, 0.6) is 0 Å². The van der Waals surface area contributed by atoms with Crippen LogP contribution in [-0.2, 0) is 9.59 Å². The Balaban J connectivity index is 4.88. The Kier molecular flexibility index (Phi) is 3.60. The Morgan fingerprint density at radius 3 is 1.73 bits per heavy atom. The molecule has 5 heteroatoms. The van der Waals surface area contributed by atoms with Crippen LogP contribution in [0.2, 0.25) is 0 Å². The van der Waals surface area contributed by atoms with E-state index < -0.39 is 17.5 Å². The molecule has 0 aliphatic carbocycles. The molecule has 0 amide bonds. The zero-order chi connectivity index (χ0) is 9.02. The molecular weight excluding hydrogens is 172 g/mol. The lowest BCUT2D eigenvalue weighted by molar-refractivity contribution is -0.140. The third kappa shape index (κ3) is 2.59. The Hall–Kier alpha value is -1.03. The topological polar surface area (TPSA) is 74.6 Å². The Morgan fingerprint density at radius 1 is 1.27 bits per heavy atom. The van der Waals surface area contributed by atoms with E-state index in [1.165, 1.54) is 0 Å². The number of hydrogen-bond donors (Lipinski definition) is 2. The fourth-order valence-corrected chi connectivity index (χ4v) is 0.662. The predicted molar refractivity (Wildman–Crippen MR) is 38.4 cm³/mol. The summed E-state index contributed by atoms with van der Waals surface area (Å²) >= 11 is 5.34. The number of aliphatic carboxylic acids is 2. The zero-order valence-electron chi connectivity index (χ0n) is 5.80. The van der Waals surface area contributed by atoms with Crippen LogP contribution in [0.15, 0.2) is 10.6 Å². The zero-order valence-corrected chi connectivity index (χ0v) is 6.55. The first kappa shape index (κ1) is 9.97. The van der Waals surface area contributed by atoms with Crippen LogP contribution in [0.4, 0.5) is 0 Å². The van der Waals surface area contributed by atoms with Gasteiger partial charge in [0.1, 0.15) is 0 Å². The maximum Gasteiger partial charge on any atom is 0.344 e. The number of hydrogen-bond acceptors (Lipinski definition) is 2. The summed E-state index contributed by atoms with van der Waals surface area (Å²) < 4.78 is 0. The van der Waals surface area contributed by atoms with Gasteiger partial charge in [-0.15, -0.1) is 0 Å². The molecule has 11 heavy (non-hydrogen) atoms. The molecule has 0 unspecified atom stereocenters. The van der Waals surface area contributed by atoms with E-state index in [2.05, 4.69) is 0 Å². The van der Waals surface area contributed by atoms with Crippen LogP contribution in [0.1, 0.15) is 13.3 Å². The molecule has 0 aromatic rings. The van der Waals surface area contributed by atoms with Crippen LogP contribution in [-0.4, -0.2) is 22.2 Å². The van der Waals surface area contributed by atoms with E-state index >= 15 is 0 Å². The first-order valence-corrected chi connectivity index (χ1v) is 3.23. The van der Waals surface area contributed by atoms with Crippen molar-refractivity contribution in [3.63, 3.8) is 0 Å². The summed E-state index contributed by atoms with van der Waals surface area (Å²) in [6.07, 6.45) is 0.204. The molecule has 0 radical (unpaired) electrons. The minimum atomic E-state index is -1.51. The summed E-state index contributed by atoms with van der Waals surface area (Å²) in [5.41, 5.74) is -0.755. The summed E-state index contributed by atoms with van der Waals surface area (Å²) in [6.45, 7) is 1.58. The number of carboxylic acids is 2. The lowest BCUT2D eigenvalue weighted by atomic mass is 10.2. The average Bonchev–Trinajstić information content (AvgIpc) is 1.85. The highest BCUT2D eigenvalue weighted by atomic mass is 35.5. The third-order valence-corrected chi connectivity index (χ3v) is 1.47. The van der Waals surface area contributed by atoms with Crippen molar-refractivity contribution in [2.45, 2.75) is 13.3 Å². The van der Waals surface area contributed by atoms with E-state index in [4.69, 9.17) is 21.8 Å². The van der Waals surface area contributed by atoms with Gasteiger partial charge in [0.15, 0.2) is 5.57 Å². The second-order valence-corrected chi connectivity index (χ2v) is 2.20. The first-order valence-electron chi connectivity index (χ1n) is 2.86. The second kappa shape index (κ2) is 3.98. The number of halogens is 1. The largest absolute Gasteiger partial charge is 0.477 e. The molecule has 2 N–H and O–H groups in total. The Labute approximate surface area is 68.1 Å². The van der Waals surface area contributed by atoms with Gasteiger partial charge in [0.25, 0.3) is 0 Å². The molecule has 0 bridgehead atoms.